The summed E-state index contributed by atoms with van der Waals surface area (Å²) in [6, 6.07) is 2.96. The molecule has 0 unspecified atom stereocenters. The highest BCUT2D eigenvalue weighted by Crippen LogP contribution is 2.26. The lowest BCUT2D eigenvalue weighted by atomic mass is 10.1. The first-order valence-electron chi connectivity index (χ1n) is 3.66. The lowest BCUT2D eigenvalue weighted by molar-refractivity contribution is 0.150. The van der Waals surface area contributed by atoms with Gasteiger partial charge in [-0.25, -0.2) is 13.8 Å². The van der Waals surface area contributed by atoms with Crippen molar-refractivity contribution in [2.24, 2.45) is 0 Å². The Hall–Kier alpha value is -0.970. The highest BCUT2D eigenvalue weighted by atomic mass is 127. The van der Waals surface area contributed by atoms with Gasteiger partial charge in [-0.1, -0.05) is 0 Å². The normalized spacial score (nSPS) is 10.2. The van der Waals surface area contributed by atoms with Gasteiger partial charge in [-0.2, -0.15) is 5.26 Å². The summed E-state index contributed by atoms with van der Waals surface area (Å²) in [6.45, 7) is 0. The van der Waals surface area contributed by atoms with Gasteiger partial charge in [-0.3, -0.25) is 0 Å². The smallest absolute Gasteiger partial charge is 0.265 e. The number of nitriles is 1. The molecule has 0 atom stereocenters. The zero-order valence-electron chi connectivity index (χ0n) is 6.97. The Labute approximate surface area is 93.1 Å². The van der Waals surface area contributed by atoms with Crippen molar-refractivity contribution in [3.05, 3.63) is 21.0 Å². The van der Waals surface area contributed by atoms with Gasteiger partial charge in [-0.05, 0) is 28.7 Å². The fraction of sp³-hybridized carbons (Fsp3) is 0.250. The Morgan fingerprint density at radius 1 is 1.64 bits per heavy atom. The zero-order chi connectivity index (χ0) is 10.7. The van der Waals surface area contributed by atoms with Crippen LogP contribution in [-0.2, 0) is 6.42 Å². The topological polar surface area (TPSA) is 62.7 Å². The molecule has 1 rings (SSSR count). The maximum Gasteiger partial charge on any atom is 0.265 e. The first kappa shape index (κ1) is 11.1. The average Bonchev–Trinajstić information content (AvgIpc) is 2.11. The average molecular weight is 309 g/mol. The van der Waals surface area contributed by atoms with Gasteiger partial charge in [0.05, 0.1) is 23.9 Å². The minimum absolute atomic E-state index is 0.0982. The van der Waals surface area contributed by atoms with Gasteiger partial charge in [0.2, 0.25) is 0 Å². The van der Waals surface area contributed by atoms with Gasteiger partial charge < -0.3 is 5.73 Å². The van der Waals surface area contributed by atoms with E-state index >= 15 is 0 Å². The summed E-state index contributed by atoms with van der Waals surface area (Å²) < 4.78 is 25.4. The zero-order valence-corrected chi connectivity index (χ0v) is 9.12. The maximum absolute atomic E-state index is 12.5. The van der Waals surface area contributed by atoms with Crippen LogP contribution in [0, 0.1) is 15.0 Å². The third-order valence-corrected chi connectivity index (χ3v) is 2.46. The van der Waals surface area contributed by atoms with Gasteiger partial charge in [0, 0.05) is 5.56 Å². The summed E-state index contributed by atoms with van der Waals surface area (Å²) in [4.78, 5) is 3.84. The predicted octanol–water partition coefficient (Wildman–Crippen LogP) is 2.27. The summed E-state index contributed by atoms with van der Waals surface area (Å²) in [5.41, 5.74) is 5.49. The van der Waals surface area contributed by atoms with Crippen molar-refractivity contribution in [3.8, 4) is 6.07 Å². The first-order chi connectivity index (χ1) is 6.56. The van der Waals surface area contributed by atoms with Crippen molar-refractivity contribution < 1.29 is 8.78 Å². The van der Waals surface area contributed by atoms with Gasteiger partial charge in [0.15, 0.2) is 0 Å². The standard InChI is InChI=1S/C8H6F2IN3/c9-7(10)4-3-5(13)8(11)14-6(4)1-2-12/h3,7H,1,13H2. The van der Waals surface area contributed by atoms with Crippen molar-refractivity contribution >= 4 is 28.3 Å². The molecule has 2 N–H and O–H groups in total. The molecule has 74 valence electrons. The van der Waals surface area contributed by atoms with E-state index in [1.54, 1.807) is 6.07 Å². The van der Waals surface area contributed by atoms with E-state index in [2.05, 4.69) is 4.98 Å². The van der Waals surface area contributed by atoms with Crippen LogP contribution in [0.2, 0.25) is 0 Å². The Morgan fingerprint density at radius 2 is 2.29 bits per heavy atom. The molecule has 0 aliphatic carbocycles. The van der Waals surface area contributed by atoms with Gasteiger partial charge in [0.25, 0.3) is 6.43 Å². The van der Waals surface area contributed by atoms with Crippen molar-refractivity contribution in [1.29, 1.82) is 5.26 Å². The van der Waals surface area contributed by atoms with Crippen LogP contribution in [0.4, 0.5) is 14.5 Å². The van der Waals surface area contributed by atoms with E-state index in [-0.39, 0.29) is 23.4 Å². The Bertz CT molecular complexity index is 387. The molecule has 1 aromatic heterocycles. The van der Waals surface area contributed by atoms with Crippen LogP contribution < -0.4 is 5.73 Å². The minimum Gasteiger partial charge on any atom is -0.397 e. The largest absolute Gasteiger partial charge is 0.397 e. The van der Waals surface area contributed by atoms with Crippen LogP contribution in [0.1, 0.15) is 17.7 Å². The number of nitrogen functional groups attached to an aromatic ring is 1. The van der Waals surface area contributed by atoms with Gasteiger partial charge in [0.1, 0.15) is 3.70 Å². The van der Waals surface area contributed by atoms with Crippen molar-refractivity contribution in [1.82, 2.24) is 4.98 Å². The molecule has 14 heavy (non-hydrogen) atoms. The molecule has 0 radical (unpaired) electrons. The van der Waals surface area contributed by atoms with E-state index in [1.807, 2.05) is 22.6 Å². The lowest BCUT2D eigenvalue weighted by Crippen LogP contribution is -2.03. The Kier molecular flexibility index (Phi) is 3.57. The van der Waals surface area contributed by atoms with E-state index in [9.17, 15) is 8.78 Å². The predicted molar refractivity (Wildman–Crippen MR) is 55.6 cm³/mol. The molecule has 0 aliphatic rings. The second-order valence-electron chi connectivity index (χ2n) is 2.54. The van der Waals surface area contributed by atoms with Crippen LogP contribution in [0.15, 0.2) is 6.07 Å². The SMILES string of the molecule is N#CCc1nc(I)c(N)cc1C(F)F. The first-order valence-corrected chi connectivity index (χ1v) is 4.74. The fourth-order valence-corrected chi connectivity index (χ4v) is 1.41. The Morgan fingerprint density at radius 3 is 2.79 bits per heavy atom. The van der Waals surface area contributed by atoms with Crippen molar-refractivity contribution in [2.75, 3.05) is 5.73 Å². The number of nitrogens with two attached hydrogens (primary N) is 1. The van der Waals surface area contributed by atoms with Crippen LogP contribution in [-0.4, -0.2) is 4.98 Å². The molecule has 0 saturated heterocycles. The molecule has 0 aliphatic heterocycles. The third kappa shape index (κ3) is 2.29. The number of hydrogen-bond acceptors (Lipinski definition) is 3. The van der Waals surface area contributed by atoms with Crippen LogP contribution >= 0.6 is 22.6 Å². The summed E-state index contributed by atoms with van der Waals surface area (Å²) >= 11 is 1.84. The Balaban J connectivity index is 3.25. The van der Waals surface area contributed by atoms with Crippen LogP contribution in [0.25, 0.3) is 0 Å². The lowest BCUT2D eigenvalue weighted by Gasteiger charge is -2.07. The number of aromatic nitrogens is 1. The number of nitrogens with zero attached hydrogens (tertiary/aromatic N) is 2. The highest BCUT2D eigenvalue weighted by Gasteiger charge is 2.16. The molecule has 3 nitrogen and oxygen atoms in total. The summed E-state index contributed by atoms with van der Waals surface area (Å²) in [5.74, 6) is 0. The van der Waals surface area contributed by atoms with Gasteiger partial charge >= 0.3 is 0 Å². The number of alkyl halides is 2. The molecule has 1 aromatic rings. The molecule has 0 bridgehead atoms. The molecule has 0 fully saturated rings. The summed E-state index contributed by atoms with van der Waals surface area (Å²) in [5, 5.41) is 8.42. The van der Waals surface area contributed by atoms with E-state index in [4.69, 9.17) is 11.0 Å². The van der Waals surface area contributed by atoms with E-state index < -0.39 is 6.43 Å². The molecule has 0 saturated carbocycles. The molecule has 1 heterocycles. The highest BCUT2D eigenvalue weighted by molar-refractivity contribution is 14.1. The molecule has 0 spiro atoms. The maximum atomic E-state index is 12.5. The molecule has 0 aromatic carbocycles. The number of rotatable bonds is 2. The van der Waals surface area contributed by atoms with Crippen molar-refractivity contribution in [3.63, 3.8) is 0 Å². The van der Waals surface area contributed by atoms with Crippen molar-refractivity contribution in [2.45, 2.75) is 12.8 Å². The van der Waals surface area contributed by atoms with Crippen LogP contribution in [0.3, 0.4) is 0 Å². The van der Waals surface area contributed by atoms with Gasteiger partial charge in [-0.15, -0.1) is 0 Å². The number of hydrogen-bond donors (Lipinski definition) is 1. The monoisotopic (exact) mass is 309 g/mol. The molecular weight excluding hydrogens is 303 g/mol. The second kappa shape index (κ2) is 4.50. The summed E-state index contributed by atoms with van der Waals surface area (Å²) in [6.07, 6.45) is -2.78. The number of pyridine rings is 1. The second-order valence-corrected chi connectivity index (χ2v) is 3.56. The summed E-state index contributed by atoms with van der Waals surface area (Å²) in [7, 11) is 0. The van der Waals surface area contributed by atoms with E-state index in [0.29, 0.717) is 3.70 Å². The molecule has 0 amide bonds. The fourth-order valence-electron chi connectivity index (χ4n) is 0.963. The quantitative estimate of drug-likeness (QED) is 0.673. The third-order valence-electron chi connectivity index (χ3n) is 1.60. The minimum atomic E-state index is -2.65. The number of anilines is 1. The van der Waals surface area contributed by atoms with E-state index in [0.717, 1.165) is 0 Å². The molecular formula is C8H6F2IN3. The molecule has 6 heteroatoms. The number of halogens is 3. The van der Waals surface area contributed by atoms with E-state index in [1.165, 1.54) is 6.07 Å². The van der Waals surface area contributed by atoms with Crippen LogP contribution in [0.5, 0.6) is 0 Å².